The van der Waals surface area contributed by atoms with Crippen LogP contribution in [0.5, 0.6) is 0 Å². The summed E-state index contributed by atoms with van der Waals surface area (Å²) in [6, 6.07) is 5.29. The number of hydrogen-bond donors (Lipinski definition) is 11. The second-order valence-corrected chi connectivity index (χ2v) is 30.0. The molecule has 0 spiro atoms. The summed E-state index contributed by atoms with van der Waals surface area (Å²) in [7, 11) is 0. The van der Waals surface area contributed by atoms with Gasteiger partial charge in [0, 0.05) is 61.4 Å². The third-order valence-corrected chi connectivity index (χ3v) is 19.6. The van der Waals surface area contributed by atoms with Gasteiger partial charge >= 0.3 is 0 Å². The predicted octanol–water partition coefficient (Wildman–Crippen LogP) is 11.7. The number of rotatable bonds is 20. The quantitative estimate of drug-likeness (QED) is 0.0557. The summed E-state index contributed by atoms with van der Waals surface area (Å²) in [5.74, 6) is 8.76. The smallest absolute Gasteiger partial charge is 0.0204 e. The molecule has 3 saturated carbocycles. The van der Waals surface area contributed by atoms with Crippen molar-refractivity contribution >= 4 is 0 Å². The number of nitrogens with two attached hydrogens (primary N) is 3. The summed E-state index contributed by atoms with van der Waals surface area (Å²) < 4.78 is 0. The Hall–Kier alpha value is -0.480. The van der Waals surface area contributed by atoms with E-state index < -0.39 is 0 Å². The van der Waals surface area contributed by atoms with Crippen molar-refractivity contribution in [1.29, 1.82) is 0 Å². The van der Waals surface area contributed by atoms with E-state index in [1.165, 1.54) is 233 Å². The number of nitrogens with zero attached hydrogens (tertiary/aromatic N) is 1. The van der Waals surface area contributed by atoms with Gasteiger partial charge in [-0.25, -0.2) is 0 Å². The maximum Gasteiger partial charge on any atom is 0.0204 e. The molecule has 0 amide bonds. The van der Waals surface area contributed by atoms with E-state index in [1.807, 2.05) is 0 Å². The van der Waals surface area contributed by atoms with Crippen molar-refractivity contribution in [3.05, 3.63) is 0 Å². The maximum absolute atomic E-state index is 5.92. The molecule has 0 aromatic rings. The summed E-state index contributed by atoms with van der Waals surface area (Å²) in [6.07, 6.45) is 31.3. The third-order valence-electron chi connectivity index (χ3n) is 19.6. The van der Waals surface area contributed by atoms with Gasteiger partial charge in [-0.15, -0.1) is 0 Å². The lowest BCUT2D eigenvalue weighted by atomic mass is 9.80. The van der Waals surface area contributed by atoms with Crippen LogP contribution in [0.2, 0.25) is 0 Å². The molecule has 0 aromatic carbocycles. The Bertz CT molecular complexity index is 1380. The fraction of sp³-hybridized carbons (Fsp3) is 1.00. The molecule has 5 aliphatic heterocycles. The van der Waals surface area contributed by atoms with Crippen molar-refractivity contribution in [3.63, 3.8) is 0 Å². The number of likely N-dealkylation sites (tertiary alicyclic amines) is 1. The Morgan fingerprint density at radius 2 is 0.756 bits per heavy atom. The number of nitrogens with one attached hydrogen (secondary N) is 8. The molecular formula is C70H150N12. The lowest BCUT2D eigenvalue weighted by Gasteiger charge is -2.31. The Labute approximate surface area is 512 Å². The van der Waals surface area contributed by atoms with Crippen LogP contribution in [0.4, 0.5) is 0 Å². The Morgan fingerprint density at radius 1 is 0.354 bits per heavy atom. The van der Waals surface area contributed by atoms with Crippen LogP contribution in [0.1, 0.15) is 251 Å². The highest BCUT2D eigenvalue weighted by atomic mass is 15.2. The van der Waals surface area contributed by atoms with Crippen molar-refractivity contribution in [3.8, 4) is 0 Å². The molecule has 14 N–H and O–H groups in total. The zero-order valence-electron chi connectivity index (χ0n) is 57.4. The van der Waals surface area contributed by atoms with E-state index in [2.05, 4.69) is 144 Å². The van der Waals surface area contributed by atoms with Crippen LogP contribution in [0.3, 0.4) is 0 Å². The van der Waals surface area contributed by atoms with Crippen molar-refractivity contribution in [2.45, 2.75) is 299 Å². The zero-order chi connectivity index (χ0) is 60.5. The van der Waals surface area contributed by atoms with Gasteiger partial charge in [0.25, 0.3) is 0 Å². The van der Waals surface area contributed by atoms with Gasteiger partial charge in [-0.3, -0.25) is 4.90 Å². The highest BCUT2D eigenvalue weighted by molar-refractivity contribution is 4.86. The summed E-state index contributed by atoms with van der Waals surface area (Å²) >= 11 is 0. The zero-order valence-corrected chi connectivity index (χ0v) is 57.4. The molecule has 8 fully saturated rings. The largest absolute Gasteiger partial charge is 0.328 e. The first-order valence-corrected chi connectivity index (χ1v) is 36.0. The van der Waals surface area contributed by atoms with Crippen LogP contribution in [0, 0.1) is 59.2 Å². The van der Waals surface area contributed by atoms with Crippen molar-refractivity contribution < 1.29 is 0 Å². The fourth-order valence-corrected chi connectivity index (χ4v) is 13.1. The van der Waals surface area contributed by atoms with E-state index in [0.717, 1.165) is 96.4 Å². The fourth-order valence-electron chi connectivity index (χ4n) is 13.1. The van der Waals surface area contributed by atoms with Gasteiger partial charge in [0.2, 0.25) is 0 Å². The molecule has 0 radical (unpaired) electrons. The van der Waals surface area contributed by atoms with Gasteiger partial charge in [-0.05, 0) is 273 Å². The minimum atomic E-state index is 0.449. The van der Waals surface area contributed by atoms with E-state index in [1.54, 1.807) is 0 Å². The topological polar surface area (TPSA) is 178 Å². The highest BCUT2D eigenvalue weighted by Gasteiger charge is 2.30. The summed E-state index contributed by atoms with van der Waals surface area (Å²) in [5.41, 5.74) is 17.6. The molecule has 490 valence electrons. The van der Waals surface area contributed by atoms with E-state index in [4.69, 9.17) is 17.2 Å². The molecule has 8 rings (SSSR count). The maximum atomic E-state index is 5.92. The molecule has 3 aliphatic carbocycles. The number of hydrogen-bond acceptors (Lipinski definition) is 12. The van der Waals surface area contributed by atoms with Gasteiger partial charge in [0.15, 0.2) is 0 Å². The second kappa shape index (κ2) is 48.4. The molecule has 0 bridgehead atoms. The monoisotopic (exact) mass is 1160 g/mol. The Morgan fingerprint density at radius 3 is 1.16 bits per heavy atom. The first-order chi connectivity index (χ1) is 39.2. The molecule has 82 heavy (non-hydrogen) atoms. The molecular weight excluding hydrogens is 1010 g/mol. The van der Waals surface area contributed by atoms with E-state index in [-0.39, 0.29) is 0 Å². The Kier molecular flexibility index (Phi) is 45.9. The first-order valence-electron chi connectivity index (χ1n) is 36.0. The van der Waals surface area contributed by atoms with Gasteiger partial charge in [0.05, 0.1) is 0 Å². The molecule has 12 nitrogen and oxygen atoms in total. The van der Waals surface area contributed by atoms with Crippen LogP contribution in [-0.2, 0) is 0 Å². The molecule has 5 unspecified atom stereocenters. The molecule has 5 saturated heterocycles. The molecule has 12 heteroatoms. The third kappa shape index (κ3) is 40.9. The minimum absolute atomic E-state index is 0.449. The standard InChI is InChI=1S/C12H24N2.2C11H24N2.C10H22N2.C9H20N2.C9H19N.C8H17N/c1-10(2)11-5-8-14(9-11)12-3-6-13-7-4-12;1-9(2)7-8-13-11-5-3-10(12)4-6-11;1-9(2)6-7-13-11-5-3-4-10(12)8-11;1-9(2)3-8-12-10-4-6-11-7-5-10;1-8(2)3-6-11-9-4-5-10-7-9;1-7(2)8-4-3-5-9(10)6-8;1-7(2)8-3-5-9-6-4-8/h10-13H,3-9H2,1-2H3;2*9-11,13H,3-8,12H2,1-2H3;9-12H,3-8H2,1-2H3;8-11H,3-7H2,1-2H3;7-9H,3-6,10H2,1-2H3;7-9H,3-6H2,1-2H3/t11-;;;;;;/m0....../s1. The average Bonchev–Trinajstić information content (AvgIpc) is 4.21. The van der Waals surface area contributed by atoms with Crippen molar-refractivity contribution in [1.82, 2.24) is 47.4 Å². The van der Waals surface area contributed by atoms with Crippen molar-refractivity contribution in [2.24, 2.45) is 76.4 Å². The lowest BCUT2D eigenvalue weighted by Crippen LogP contribution is -2.42. The van der Waals surface area contributed by atoms with Crippen LogP contribution < -0.4 is 59.7 Å². The van der Waals surface area contributed by atoms with Crippen LogP contribution in [0.15, 0.2) is 0 Å². The molecule has 0 aromatic heterocycles. The van der Waals surface area contributed by atoms with Gasteiger partial charge in [-0.1, -0.05) is 116 Å². The summed E-state index contributed by atoms with van der Waals surface area (Å²) in [4.78, 5) is 2.74. The van der Waals surface area contributed by atoms with Gasteiger partial charge in [0.1, 0.15) is 0 Å². The normalized spacial score (nSPS) is 27.8. The Balaban J connectivity index is 0.000000328. The van der Waals surface area contributed by atoms with Crippen LogP contribution in [0.25, 0.3) is 0 Å². The predicted molar refractivity (Wildman–Crippen MR) is 363 cm³/mol. The van der Waals surface area contributed by atoms with Crippen LogP contribution in [-0.4, -0.2) is 145 Å². The second-order valence-electron chi connectivity index (χ2n) is 30.0. The molecule has 5 heterocycles. The van der Waals surface area contributed by atoms with Crippen LogP contribution >= 0.6 is 0 Å². The first kappa shape index (κ1) is 77.6. The van der Waals surface area contributed by atoms with E-state index >= 15 is 0 Å². The summed E-state index contributed by atoms with van der Waals surface area (Å²) in [6.45, 7) is 49.3. The SMILES string of the molecule is CC(C)C1CCCC(N)C1.CC(C)C1CCNCC1.CC(C)CCNC1CCC(N)CC1.CC(C)CCNC1CCCC(N)C1.CC(C)CCNC1CCNC1.CC(C)CCNC1CCNCC1.CC(C)[C@H]1CCN(C2CCNCC2)C1. The van der Waals surface area contributed by atoms with E-state index in [9.17, 15) is 0 Å². The highest BCUT2D eigenvalue weighted by Crippen LogP contribution is 2.29. The lowest BCUT2D eigenvalue weighted by molar-refractivity contribution is 0.187. The van der Waals surface area contributed by atoms with Gasteiger partial charge < -0.3 is 59.7 Å². The van der Waals surface area contributed by atoms with Crippen molar-refractivity contribution in [2.75, 3.05) is 91.6 Å². The van der Waals surface area contributed by atoms with Gasteiger partial charge in [-0.2, -0.15) is 0 Å². The van der Waals surface area contributed by atoms with E-state index in [0.29, 0.717) is 24.2 Å². The minimum Gasteiger partial charge on any atom is -0.328 e. The molecule has 6 atom stereocenters. The average molecular weight is 1160 g/mol. The summed E-state index contributed by atoms with van der Waals surface area (Å²) in [5, 5.41) is 27.9. The number of piperidine rings is 3. The molecule has 8 aliphatic rings.